The summed E-state index contributed by atoms with van der Waals surface area (Å²) in [4.78, 5) is 16.2. The normalized spacial score (nSPS) is 10.7. The van der Waals surface area contributed by atoms with Crippen molar-refractivity contribution in [2.75, 3.05) is 33.4 Å². The number of guanidine groups is 1. The lowest BCUT2D eigenvalue weighted by atomic mass is 10.1. The molecule has 0 unspecified atom stereocenters. The van der Waals surface area contributed by atoms with Gasteiger partial charge in [-0.25, -0.2) is 4.99 Å². The van der Waals surface area contributed by atoms with Gasteiger partial charge in [0.1, 0.15) is 11.5 Å². The first-order chi connectivity index (χ1) is 15.0. The van der Waals surface area contributed by atoms with E-state index in [4.69, 9.17) is 9.47 Å². The van der Waals surface area contributed by atoms with E-state index in [0.717, 1.165) is 36.8 Å². The maximum atomic E-state index is 11.6. The molecule has 2 aromatic rings. The number of hydrogen-bond donors (Lipinski definition) is 3. The van der Waals surface area contributed by atoms with E-state index in [1.54, 1.807) is 7.11 Å². The van der Waals surface area contributed by atoms with Crippen LogP contribution in [0.4, 0.5) is 0 Å². The van der Waals surface area contributed by atoms with Gasteiger partial charge in [0.2, 0.25) is 0 Å². The van der Waals surface area contributed by atoms with E-state index in [-0.39, 0.29) is 36.5 Å². The molecule has 0 radical (unpaired) electrons. The highest BCUT2D eigenvalue weighted by atomic mass is 127. The average Bonchev–Trinajstić information content (AvgIpc) is 2.77. The van der Waals surface area contributed by atoms with Gasteiger partial charge in [0.15, 0.2) is 12.6 Å². The minimum absolute atomic E-state index is 0. The lowest BCUT2D eigenvalue weighted by Crippen LogP contribution is -2.38. The number of ether oxygens (including phenoxy) is 2. The monoisotopic (exact) mass is 554 g/mol. The van der Waals surface area contributed by atoms with Crippen LogP contribution in [0.2, 0.25) is 0 Å². The van der Waals surface area contributed by atoms with Crippen LogP contribution in [0.5, 0.6) is 11.5 Å². The molecule has 0 spiro atoms. The third-order valence-electron chi connectivity index (χ3n) is 4.53. The smallest absolute Gasteiger partial charge is 0.257 e. The number of hydrogen-bond acceptors (Lipinski definition) is 4. The summed E-state index contributed by atoms with van der Waals surface area (Å²) in [6.45, 7) is 8.61. The molecule has 0 aromatic heterocycles. The maximum absolute atomic E-state index is 11.6. The number of amides is 1. The van der Waals surface area contributed by atoms with Gasteiger partial charge in [-0.3, -0.25) is 4.79 Å². The quantitative estimate of drug-likeness (QED) is 0.225. The molecule has 0 aliphatic heterocycles. The second-order valence-corrected chi connectivity index (χ2v) is 7.08. The van der Waals surface area contributed by atoms with E-state index in [2.05, 4.69) is 40.0 Å². The van der Waals surface area contributed by atoms with Gasteiger partial charge >= 0.3 is 0 Å². The summed E-state index contributed by atoms with van der Waals surface area (Å²) >= 11 is 0. The van der Waals surface area contributed by atoms with Gasteiger partial charge in [0.25, 0.3) is 5.91 Å². The zero-order chi connectivity index (χ0) is 22.5. The lowest BCUT2D eigenvalue weighted by molar-refractivity contribution is -0.122. The molecule has 3 N–H and O–H groups in total. The van der Waals surface area contributed by atoms with Crippen LogP contribution in [0.3, 0.4) is 0 Å². The zero-order valence-corrected chi connectivity index (χ0v) is 21.7. The number of carbonyl (C=O) groups is 1. The van der Waals surface area contributed by atoms with Gasteiger partial charge in [-0.1, -0.05) is 29.8 Å². The predicted molar refractivity (Wildman–Crippen MR) is 140 cm³/mol. The van der Waals surface area contributed by atoms with Crippen molar-refractivity contribution in [2.45, 2.75) is 33.7 Å². The molecule has 0 saturated heterocycles. The van der Waals surface area contributed by atoms with Crippen LogP contribution in [0.25, 0.3) is 0 Å². The van der Waals surface area contributed by atoms with Crippen LogP contribution in [-0.2, 0) is 17.8 Å². The molecule has 8 heteroatoms. The Balaban J connectivity index is 0.00000512. The molecule has 0 bridgehead atoms. The Labute approximate surface area is 208 Å². The van der Waals surface area contributed by atoms with Crippen LogP contribution in [0, 0.1) is 6.92 Å². The Bertz CT molecular complexity index is 874. The third kappa shape index (κ3) is 9.76. The van der Waals surface area contributed by atoms with E-state index < -0.39 is 0 Å². The van der Waals surface area contributed by atoms with Crippen molar-refractivity contribution >= 4 is 35.8 Å². The molecule has 32 heavy (non-hydrogen) atoms. The molecule has 2 aromatic carbocycles. The molecular weight excluding hydrogens is 519 g/mol. The van der Waals surface area contributed by atoms with Crippen molar-refractivity contribution in [1.29, 1.82) is 0 Å². The zero-order valence-electron chi connectivity index (χ0n) is 19.4. The SMILES string of the molecule is CCNC(=O)COc1cccc(CN=C(NCC)NCCc2cc(C)ccc2OC)c1.I. The summed E-state index contributed by atoms with van der Waals surface area (Å²) in [6.07, 6.45) is 0.832. The number of nitrogens with zero attached hydrogens (tertiary/aromatic N) is 1. The van der Waals surface area contributed by atoms with Gasteiger partial charge < -0.3 is 25.4 Å². The van der Waals surface area contributed by atoms with Crippen molar-refractivity contribution in [3.63, 3.8) is 0 Å². The van der Waals surface area contributed by atoms with Gasteiger partial charge in [-0.05, 0) is 56.5 Å². The van der Waals surface area contributed by atoms with E-state index in [1.165, 1.54) is 11.1 Å². The highest BCUT2D eigenvalue weighted by Gasteiger charge is 2.05. The molecule has 0 saturated carbocycles. The fourth-order valence-corrected chi connectivity index (χ4v) is 3.06. The molecule has 2 rings (SSSR count). The van der Waals surface area contributed by atoms with E-state index in [9.17, 15) is 4.79 Å². The lowest BCUT2D eigenvalue weighted by Gasteiger charge is -2.13. The van der Waals surface area contributed by atoms with E-state index in [0.29, 0.717) is 18.8 Å². The Kier molecular flexibility index (Phi) is 13.2. The van der Waals surface area contributed by atoms with E-state index >= 15 is 0 Å². The second-order valence-electron chi connectivity index (χ2n) is 7.08. The summed E-state index contributed by atoms with van der Waals surface area (Å²) in [5, 5.41) is 9.37. The largest absolute Gasteiger partial charge is 0.496 e. The highest BCUT2D eigenvalue weighted by Crippen LogP contribution is 2.19. The maximum Gasteiger partial charge on any atom is 0.257 e. The van der Waals surface area contributed by atoms with Crippen molar-refractivity contribution in [3.05, 3.63) is 59.2 Å². The molecule has 0 aliphatic carbocycles. The third-order valence-corrected chi connectivity index (χ3v) is 4.53. The standard InChI is InChI=1S/C24H34N4O3.HI/c1-5-25-23(29)17-31-21-9-7-8-19(15-21)16-28-24(26-6-2)27-13-12-20-14-18(3)10-11-22(20)30-4;/h7-11,14-15H,5-6,12-13,16-17H2,1-4H3,(H,25,29)(H2,26,27,28);1H. The van der Waals surface area contributed by atoms with Crippen molar-refractivity contribution in [1.82, 2.24) is 16.0 Å². The fraction of sp³-hybridized carbons (Fsp3) is 0.417. The fourth-order valence-electron chi connectivity index (χ4n) is 3.06. The average molecular weight is 554 g/mol. The number of likely N-dealkylation sites (N-methyl/N-ethyl adjacent to an activating group) is 1. The number of aryl methyl sites for hydroxylation is 1. The summed E-state index contributed by atoms with van der Waals surface area (Å²) in [5.74, 6) is 2.18. The van der Waals surface area contributed by atoms with Gasteiger partial charge in [-0.15, -0.1) is 24.0 Å². The summed E-state index contributed by atoms with van der Waals surface area (Å²) < 4.78 is 11.0. The topological polar surface area (TPSA) is 84.0 Å². The number of carbonyl (C=O) groups excluding carboxylic acids is 1. The number of methoxy groups -OCH3 is 1. The summed E-state index contributed by atoms with van der Waals surface area (Å²) in [6, 6.07) is 13.8. The first-order valence-electron chi connectivity index (χ1n) is 10.7. The van der Waals surface area contributed by atoms with Crippen LogP contribution in [0.1, 0.15) is 30.5 Å². The first kappa shape index (κ1) is 27.5. The molecule has 0 atom stereocenters. The Morgan fingerprint density at radius 2 is 1.81 bits per heavy atom. The number of nitrogens with one attached hydrogen (secondary N) is 3. The molecule has 7 nitrogen and oxygen atoms in total. The van der Waals surface area contributed by atoms with Gasteiger partial charge in [-0.2, -0.15) is 0 Å². The van der Waals surface area contributed by atoms with Crippen LogP contribution in [-0.4, -0.2) is 45.2 Å². The van der Waals surface area contributed by atoms with Crippen molar-refractivity contribution in [3.8, 4) is 11.5 Å². The Morgan fingerprint density at radius 1 is 1.03 bits per heavy atom. The minimum Gasteiger partial charge on any atom is -0.496 e. The number of benzene rings is 2. The van der Waals surface area contributed by atoms with Gasteiger partial charge in [0.05, 0.1) is 13.7 Å². The molecular formula is C24H35IN4O3. The van der Waals surface area contributed by atoms with Crippen LogP contribution in [0.15, 0.2) is 47.5 Å². The predicted octanol–water partition coefficient (Wildman–Crippen LogP) is 3.43. The molecule has 1 amide bonds. The molecule has 0 aliphatic rings. The van der Waals surface area contributed by atoms with Crippen molar-refractivity contribution in [2.24, 2.45) is 4.99 Å². The van der Waals surface area contributed by atoms with Crippen molar-refractivity contribution < 1.29 is 14.3 Å². The minimum atomic E-state index is -0.130. The van der Waals surface area contributed by atoms with Gasteiger partial charge in [0, 0.05) is 19.6 Å². The number of halogens is 1. The molecule has 0 heterocycles. The Hall–Kier alpha value is -2.49. The molecule has 0 fully saturated rings. The second kappa shape index (κ2) is 15.3. The van der Waals surface area contributed by atoms with Crippen LogP contribution >= 0.6 is 24.0 Å². The van der Waals surface area contributed by atoms with Crippen LogP contribution < -0.4 is 25.4 Å². The first-order valence-corrected chi connectivity index (χ1v) is 10.7. The summed E-state index contributed by atoms with van der Waals surface area (Å²) in [5.41, 5.74) is 3.39. The Morgan fingerprint density at radius 3 is 2.53 bits per heavy atom. The number of aliphatic imine (C=N–C) groups is 1. The highest BCUT2D eigenvalue weighted by molar-refractivity contribution is 14.0. The summed E-state index contributed by atoms with van der Waals surface area (Å²) in [7, 11) is 1.70. The van der Waals surface area contributed by atoms with E-state index in [1.807, 2.05) is 44.2 Å². The molecule has 176 valence electrons. The number of rotatable bonds is 11.